The summed E-state index contributed by atoms with van der Waals surface area (Å²) in [6.45, 7) is 1.94. The van der Waals surface area contributed by atoms with Crippen LogP contribution in [0, 0.1) is 0 Å². The lowest BCUT2D eigenvalue weighted by Gasteiger charge is -2.12. The highest BCUT2D eigenvalue weighted by molar-refractivity contribution is 6.07. The first-order chi connectivity index (χ1) is 15.0. The first kappa shape index (κ1) is 20.4. The van der Waals surface area contributed by atoms with E-state index >= 15 is 0 Å². The predicted molar refractivity (Wildman–Crippen MR) is 122 cm³/mol. The zero-order valence-corrected chi connectivity index (χ0v) is 17.1. The number of benzene rings is 2. The molecule has 4 rings (SSSR count). The van der Waals surface area contributed by atoms with Crippen molar-refractivity contribution in [2.24, 2.45) is 5.73 Å². The van der Waals surface area contributed by atoms with Crippen LogP contribution in [-0.4, -0.2) is 21.7 Å². The molecule has 0 unspecified atom stereocenters. The molecule has 6 heteroatoms. The minimum absolute atomic E-state index is 0.0279. The van der Waals surface area contributed by atoms with Crippen molar-refractivity contribution >= 4 is 28.2 Å². The molecule has 0 atom stereocenters. The van der Waals surface area contributed by atoms with Gasteiger partial charge in [0.05, 0.1) is 5.69 Å². The van der Waals surface area contributed by atoms with Crippen molar-refractivity contribution in [2.45, 2.75) is 19.9 Å². The Balaban J connectivity index is 1.77. The average molecular weight is 410 g/mol. The van der Waals surface area contributed by atoms with E-state index in [1.54, 1.807) is 24.5 Å². The Kier molecular flexibility index (Phi) is 5.82. The molecular weight excluding hydrogens is 388 g/mol. The molecule has 4 aromatic rings. The van der Waals surface area contributed by atoms with E-state index in [0.717, 1.165) is 27.5 Å². The van der Waals surface area contributed by atoms with Crippen molar-refractivity contribution in [3.8, 4) is 11.3 Å². The second-order valence-electron chi connectivity index (χ2n) is 7.35. The van der Waals surface area contributed by atoms with Crippen LogP contribution in [-0.2, 0) is 17.8 Å². The van der Waals surface area contributed by atoms with Crippen LogP contribution in [0.2, 0.25) is 0 Å². The number of nitrogens with one attached hydrogen (secondary N) is 1. The summed E-state index contributed by atoms with van der Waals surface area (Å²) in [5.41, 5.74) is 9.97. The third-order valence-corrected chi connectivity index (χ3v) is 5.01. The van der Waals surface area contributed by atoms with Gasteiger partial charge >= 0.3 is 0 Å². The van der Waals surface area contributed by atoms with Gasteiger partial charge in [0.2, 0.25) is 0 Å². The lowest BCUT2D eigenvalue weighted by Crippen LogP contribution is -2.16. The van der Waals surface area contributed by atoms with Crippen molar-refractivity contribution in [1.82, 2.24) is 9.97 Å². The SMILES string of the molecule is CC(=O)Cc1ccccc1NC(=O)c1cc2ccncc2c(-c2cccc(CN)c2)n1. The number of fused-ring (bicyclic) bond motifs is 1. The Morgan fingerprint density at radius 1 is 1.03 bits per heavy atom. The molecule has 0 aliphatic rings. The molecule has 154 valence electrons. The molecule has 6 nitrogen and oxygen atoms in total. The zero-order valence-electron chi connectivity index (χ0n) is 17.1. The Hall–Kier alpha value is -3.90. The molecule has 0 radical (unpaired) electrons. The summed E-state index contributed by atoms with van der Waals surface area (Å²) in [6.07, 6.45) is 3.69. The molecule has 2 heterocycles. The van der Waals surface area contributed by atoms with Gasteiger partial charge in [0.1, 0.15) is 11.5 Å². The number of anilines is 1. The number of ketones is 1. The highest BCUT2D eigenvalue weighted by Gasteiger charge is 2.16. The molecule has 2 aromatic heterocycles. The molecule has 0 bridgehead atoms. The molecule has 2 aromatic carbocycles. The monoisotopic (exact) mass is 410 g/mol. The second kappa shape index (κ2) is 8.85. The molecule has 3 N–H and O–H groups in total. The maximum atomic E-state index is 13.1. The normalized spacial score (nSPS) is 10.8. The van der Waals surface area contributed by atoms with E-state index in [4.69, 9.17) is 5.73 Å². The van der Waals surface area contributed by atoms with Gasteiger partial charge in [0.25, 0.3) is 5.91 Å². The molecule has 1 amide bonds. The fourth-order valence-electron chi connectivity index (χ4n) is 3.52. The van der Waals surface area contributed by atoms with Crippen molar-refractivity contribution in [3.63, 3.8) is 0 Å². The first-order valence-electron chi connectivity index (χ1n) is 9.98. The van der Waals surface area contributed by atoms with Crippen LogP contribution < -0.4 is 11.1 Å². The summed E-state index contributed by atoms with van der Waals surface area (Å²) in [6, 6.07) is 18.7. The van der Waals surface area contributed by atoms with E-state index in [-0.39, 0.29) is 23.8 Å². The molecule has 31 heavy (non-hydrogen) atoms. The Morgan fingerprint density at radius 2 is 1.87 bits per heavy atom. The van der Waals surface area contributed by atoms with Gasteiger partial charge in [-0.3, -0.25) is 14.6 Å². The maximum absolute atomic E-state index is 13.1. The van der Waals surface area contributed by atoms with Gasteiger partial charge in [-0.05, 0) is 47.7 Å². The van der Waals surface area contributed by atoms with Crippen LogP contribution in [0.1, 0.15) is 28.5 Å². The number of pyridine rings is 2. The molecule has 0 saturated carbocycles. The minimum Gasteiger partial charge on any atom is -0.326 e. The molecule has 0 saturated heterocycles. The van der Waals surface area contributed by atoms with Crippen LogP contribution in [0.3, 0.4) is 0 Å². The number of aromatic nitrogens is 2. The van der Waals surface area contributed by atoms with Crippen molar-refractivity contribution in [3.05, 3.63) is 89.9 Å². The van der Waals surface area contributed by atoms with Crippen LogP contribution in [0.5, 0.6) is 0 Å². The Labute approximate surface area is 180 Å². The number of hydrogen-bond donors (Lipinski definition) is 2. The van der Waals surface area contributed by atoms with Gasteiger partial charge in [0.15, 0.2) is 0 Å². The smallest absolute Gasteiger partial charge is 0.274 e. The maximum Gasteiger partial charge on any atom is 0.274 e. The van der Waals surface area contributed by atoms with E-state index in [1.165, 1.54) is 6.92 Å². The highest BCUT2D eigenvalue weighted by atomic mass is 16.2. The number of nitrogens with two attached hydrogens (primary N) is 1. The number of amides is 1. The lowest BCUT2D eigenvalue weighted by atomic mass is 10.0. The number of para-hydroxylation sites is 1. The van der Waals surface area contributed by atoms with E-state index in [0.29, 0.717) is 17.9 Å². The first-order valence-corrected chi connectivity index (χ1v) is 9.98. The molecule has 0 spiro atoms. The Morgan fingerprint density at radius 3 is 2.68 bits per heavy atom. The van der Waals surface area contributed by atoms with Gasteiger partial charge in [-0.25, -0.2) is 4.98 Å². The number of nitrogens with zero attached hydrogens (tertiary/aromatic N) is 2. The van der Waals surface area contributed by atoms with E-state index in [2.05, 4.69) is 15.3 Å². The largest absolute Gasteiger partial charge is 0.326 e. The second-order valence-corrected chi connectivity index (χ2v) is 7.35. The van der Waals surface area contributed by atoms with Gasteiger partial charge in [0, 0.05) is 42.0 Å². The predicted octanol–water partition coefficient (Wildman–Crippen LogP) is 4.14. The quantitative estimate of drug-likeness (QED) is 0.498. The van der Waals surface area contributed by atoms with Crippen LogP contribution >= 0.6 is 0 Å². The van der Waals surface area contributed by atoms with Crippen molar-refractivity contribution < 1.29 is 9.59 Å². The fourth-order valence-corrected chi connectivity index (χ4v) is 3.52. The highest BCUT2D eigenvalue weighted by Crippen LogP contribution is 2.28. The molecule has 0 fully saturated rings. The number of Topliss-reactive ketones (excluding diaryl/α,β-unsaturated/α-hetero) is 1. The third-order valence-electron chi connectivity index (χ3n) is 5.01. The summed E-state index contributed by atoms with van der Waals surface area (Å²) in [4.78, 5) is 33.6. The minimum atomic E-state index is -0.342. The molecular formula is C25H22N4O2. The average Bonchev–Trinajstić information content (AvgIpc) is 2.79. The summed E-state index contributed by atoms with van der Waals surface area (Å²) < 4.78 is 0. The van der Waals surface area contributed by atoms with Crippen LogP contribution in [0.4, 0.5) is 5.69 Å². The molecule has 0 aliphatic carbocycles. The van der Waals surface area contributed by atoms with Gasteiger partial charge < -0.3 is 11.1 Å². The molecule has 0 aliphatic heterocycles. The summed E-state index contributed by atoms with van der Waals surface area (Å²) in [7, 11) is 0. The number of carbonyl (C=O) groups excluding carboxylic acids is 2. The van der Waals surface area contributed by atoms with Gasteiger partial charge in [-0.2, -0.15) is 0 Å². The lowest BCUT2D eigenvalue weighted by molar-refractivity contribution is -0.116. The van der Waals surface area contributed by atoms with Crippen LogP contribution in [0.25, 0.3) is 22.0 Å². The Bertz CT molecular complexity index is 1280. The van der Waals surface area contributed by atoms with Gasteiger partial charge in [-0.1, -0.05) is 36.4 Å². The summed E-state index contributed by atoms with van der Waals surface area (Å²) in [5.74, 6) is -0.314. The van der Waals surface area contributed by atoms with E-state index in [9.17, 15) is 9.59 Å². The van der Waals surface area contributed by atoms with Crippen molar-refractivity contribution in [2.75, 3.05) is 5.32 Å². The summed E-state index contributed by atoms with van der Waals surface area (Å²) >= 11 is 0. The van der Waals surface area contributed by atoms with Crippen LogP contribution in [0.15, 0.2) is 73.1 Å². The van der Waals surface area contributed by atoms with E-state index < -0.39 is 0 Å². The van der Waals surface area contributed by atoms with Gasteiger partial charge in [-0.15, -0.1) is 0 Å². The summed E-state index contributed by atoms with van der Waals surface area (Å²) in [5, 5.41) is 4.62. The third kappa shape index (κ3) is 4.49. The zero-order chi connectivity index (χ0) is 21.8. The number of rotatable bonds is 6. The topological polar surface area (TPSA) is 98.0 Å². The fraction of sp³-hybridized carbons (Fsp3) is 0.120. The number of hydrogen-bond acceptors (Lipinski definition) is 5. The van der Waals surface area contributed by atoms with E-state index in [1.807, 2.05) is 48.5 Å². The van der Waals surface area contributed by atoms with Crippen molar-refractivity contribution in [1.29, 1.82) is 0 Å². The number of carbonyl (C=O) groups is 2. The standard InChI is InChI=1S/C25H22N4O2/c1-16(30)11-19-6-2-3-8-22(19)29-25(31)23-13-18-9-10-27-15-21(18)24(28-23)20-7-4-5-17(12-20)14-26/h2-10,12-13,15H,11,14,26H2,1H3,(H,29,31).